The molecule has 0 unspecified atom stereocenters. The van der Waals surface area contributed by atoms with Crippen molar-refractivity contribution in [2.24, 2.45) is 0 Å². The highest BCUT2D eigenvalue weighted by Crippen LogP contribution is 2.25. The Morgan fingerprint density at radius 2 is 0.625 bits per heavy atom. The summed E-state index contributed by atoms with van der Waals surface area (Å²) in [5, 5.41) is 2.83. The average molecular weight is 547 g/mol. The molecule has 0 radical (unpaired) electrons. The smallest absolute Gasteiger partial charge is 0.246 e. The van der Waals surface area contributed by atoms with Crippen molar-refractivity contribution in [2.75, 3.05) is 7.11 Å². The Labute approximate surface area is 245 Å². The van der Waals surface area contributed by atoms with E-state index in [1.807, 2.05) is 7.11 Å². The first kappa shape index (κ1) is 30.1. The molecule has 0 N–H and O–H groups in total. The van der Waals surface area contributed by atoms with Crippen LogP contribution in [0.3, 0.4) is 0 Å². The summed E-state index contributed by atoms with van der Waals surface area (Å²) in [6.07, 6.45) is 0.0823. The molecular weight excluding hydrogens is 499 g/mol. The second-order valence-corrected chi connectivity index (χ2v) is 16.0. The summed E-state index contributed by atoms with van der Waals surface area (Å²) in [6, 6.07) is 18.9. The van der Waals surface area contributed by atoms with Crippen LogP contribution >= 0.6 is 0 Å². The minimum absolute atomic E-state index is 0.0823. The molecule has 0 aromatic heterocycles. The first-order valence-electron chi connectivity index (χ1n) is 14.6. The van der Waals surface area contributed by atoms with E-state index in [1.54, 1.807) is 0 Å². The number of benzene rings is 4. The zero-order chi connectivity index (χ0) is 29.7. The lowest BCUT2D eigenvalue weighted by atomic mass is 9.55. The topological polar surface area (TPSA) is 9.23 Å². The van der Waals surface area contributed by atoms with Crippen molar-refractivity contribution in [1.29, 1.82) is 0 Å². The van der Waals surface area contributed by atoms with Crippen LogP contribution in [0.2, 0.25) is 0 Å². The summed E-state index contributed by atoms with van der Waals surface area (Å²) in [6.45, 7) is 27.3. The summed E-state index contributed by atoms with van der Waals surface area (Å²) >= 11 is 0. The Bertz CT molecular complexity index is 1410. The zero-order valence-electron chi connectivity index (χ0n) is 27.1. The molecule has 208 valence electrons. The summed E-state index contributed by atoms with van der Waals surface area (Å²) in [5.41, 5.74) is 18.8. The molecule has 0 aliphatic rings. The summed E-state index contributed by atoms with van der Waals surface area (Å²) in [4.78, 5) is 0. The van der Waals surface area contributed by atoms with Gasteiger partial charge in [0.05, 0.1) is 0 Å². The molecule has 0 amide bonds. The van der Waals surface area contributed by atoms with Gasteiger partial charge in [-0.15, -0.1) is 0 Å². The van der Waals surface area contributed by atoms with Gasteiger partial charge in [-0.25, -0.2) is 0 Å². The van der Waals surface area contributed by atoms with Crippen LogP contribution in [-0.4, -0.2) is 21.6 Å². The molecule has 0 atom stereocenters. The van der Waals surface area contributed by atoms with Crippen molar-refractivity contribution in [3.05, 3.63) is 115 Å². The summed E-state index contributed by atoms with van der Waals surface area (Å²) in [5.74, 6) is 0. The first-order chi connectivity index (χ1) is 18.7. The second kappa shape index (κ2) is 11.2. The van der Waals surface area contributed by atoms with Crippen LogP contribution in [0.4, 0.5) is 0 Å². The lowest BCUT2D eigenvalue weighted by molar-refractivity contribution is 0.430. The van der Waals surface area contributed by atoms with Crippen LogP contribution in [0, 0.1) is 83.1 Å². The summed E-state index contributed by atoms with van der Waals surface area (Å²) < 4.78 is 7.30. The molecule has 40 heavy (non-hydrogen) atoms. The molecule has 0 heterocycles. The Hall–Kier alpha value is -2.88. The van der Waals surface area contributed by atoms with Crippen LogP contribution < -0.4 is 21.3 Å². The van der Waals surface area contributed by atoms with E-state index in [1.165, 1.54) is 88.1 Å². The average Bonchev–Trinajstić information content (AvgIpc) is 2.79. The van der Waals surface area contributed by atoms with E-state index in [0.29, 0.717) is 0 Å². The molecule has 0 saturated heterocycles. The fourth-order valence-electron chi connectivity index (χ4n) is 8.11. The molecule has 0 aliphatic heterocycles. The highest BCUT2D eigenvalue weighted by molar-refractivity contribution is 7.49. The third-order valence-electron chi connectivity index (χ3n) is 8.88. The summed E-state index contributed by atoms with van der Waals surface area (Å²) in [7, 11) is -1.02. The van der Waals surface area contributed by atoms with Crippen molar-refractivity contribution < 1.29 is 4.43 Å². The van der Waals surface area contributed by atoms with Gasteiger partial charge in [-0.05, 0) is 116 Å². The number of rotatable bonds is 6. The maximum absolute atomic E-state index is 7.30. The molecule has 1 nitrogen and oxygen atoms in total. The zero-order valence-corrected chi connectivity index (χ0v) is 28.1. The lowest BCUT2D eigenvalue weighted by Crippen LogP contribution is -2.80. The molecule has 0 fully saturated rings. The number of hydrogen-bond donors (Lipinski definition) is 0. The van der Waals surface area contributed by atoms with E-state index in [0.717, 1.165) is 0 Å². The van der Waals surface area contributed by atoms with E-state index in [4.69, 9.17) is 4.43 Å². The van der Waals surface area contributed by atoms with Crippen LogP contribution in [-0.2, 0) is 4.43 Å². The van der Waals surface area contributed by atoms with E-state index in [2.05, 4.69) is 132 Å². The standard InChI is InChI=1S/C37H47BOSi/c1-22-14-26(5)34(27(6)15-22)38(35-28(7)16-23(2)17-29(35)8)40(39-13,36-30(9)18-24(3)19-31(36)10)37-32(11)20-25(4)21-33(37)12/h14-21H,1-13H3. The van der Waals surface area contributed by atoms with Crippen molar-refractivity contribution in [3.63, 3.8) is 0 Å². The molecule has 4 rings (SSSR count). The molecule has 4 aromatic rings. The fourth-order valence-corrected chi connectivity index (χ4v) is 13.9. The van der Waals surface area contributed by atoms with Gasteiger partial charge in [-0.3, -0.25) is 0 Å². The molecular formula is C37H47BOSi. The maximum Gasteiger partial charge on any atom is 0.246 e. The van der Waals surface area contributed by atoms with Gasteiger partial charge < -0.3 is 4.43 Å². The predicted octanol–water partition coefficient (Wildman–Crippen LogP) is 6.48. The van der Waals surface area contributed by atoms with Crippen molar-refractivity contribution >= 4 is 35.8 Å². The third kappa shape index (κ3) is 5.03. The fraction of sp³-hybridized carbons (Fsp3) is 0.351. The van der Waals surface area contributed by atoms with Gasteiger partial charge in [0.2, 0.25) is 14.5 Å². The Morgan fingerprint density at radius 1 is 0.400 bits per heavy atom. The minimum atomic E-state index is -3.02. The molecule has 0 aliphatic carbocycles. The highest BCUT2D eigenvalue weighted by atomic mass is 28.3. The van der Waals surface area contributed by atoms with Gasteiger partial charge in [0.15, 0.2) is 0 Å². The Balaban J connectivity index is 2.36. The van der Waals surface area contributed by atoms with Crippen LogP contribution in [0.1, 0.15) is 66.8 Å². The van der Waals surface area contributed by atoms with Gasteiger partial charge in [0.25, 0.3) is 0 Å². The van der Waals surface area contributed by atoms with Crippen LogP contribution in [0.5, 0.6) is 0 Å². The quantitative estimate of drug-likeness (QED) is 0.252. The van der Waals surface area contributed by atoms with Gasteiger partial charge in [0, 0.05) is 7.11 Å². The third-order valence-corrected chi connectivity index (χ3v) is 14.0. The molecule has 0 spiro atoms. The van der Waals surface area contributed by atoms with Crippen LogP contribution in [0.25, 0.3) is 0 Å². The second-order valence-electron chi connectivity index (χ2n) is 12.5. The number of aryl methyl sites for hydroxylation is 12. The monoisotopic (exact) mass is 546 g/mol. The Kier molecular flexibility index (Phi) is 8.41. The molecule has 3 heteroatoms. The van der Waals surface area contributed by atoms with Gasteiger partial charge in [0.1, 0.15) is 0 Å². The van der Waals surface area contributed by atoms with Crippen molar-refractivity contribution in [1.82, 2.24) is 0 Å². The van der Waals surface area contributed by atoms with E-state index < -0.39 is 8.19 Å². The highest BCUT2D eigenvalue weighted by Gasteiger charge is 2.55. The van der Waals surface area contributed by atoms with E-state index in [9.17, 15) is 0 Å². The van der Waals surface area contributed by atoms with E-state index in [-0.39, 0.29) is 6.31 Å². The van der Waals surface area contributed by atoms with Gasteiger partial charge >= 0.3 is 0 Å². The normalized spacial score (nSPS) is 11.7. The maximum atomic E-state index is 7.30. The van der Waals surface area contributed by atoms with Gasteiger partial charge in [-0.2, -0.15) is 0 Å². The van der Waals surface area contributed by atoms with Crippen molar-refractivity contribution in [3.8, 4) is 0 Å². The molecule has 0 bridgehead atoms. The largest absolute Gasteiger partial charge is 0.417 e. The predicted molar refractivity (Wildman–Crippen MR) is 180 cm³/mol. The van der Waals surface area contributed by atoms with Crippen LogP contribution in [0.15, 0.2) is 48.5 Å². The lowest BCUT2D eigenvalue weighted by Gasteiger charge is -2.43. The number of hydrogen-bond acceptors (Lipinski definition) is 1. The first-order valence-corrected chi connectivity index (χ1v) is 16.6. The minimum Gasteiger partial charge on any atom is -0.417 e. The van der Waals surface area contributed by atoms with Gasteiger partial charge in [-0.1, -0.05) is 104 Å². The molecule has 0 saturated carbocycles. The van der Waals surface area contributed by atoms with Crippen molar-refractivity contribution in [2.45, 2.75) is 83.1 Å². The molecule has 4 aromatic carbocycles. The Morgan fingerprint density at radius 3 is 0.850 bits per heavy atom. The van der Waals surface area contributed by atoms with E-state index >= 15 is 0 Å². The SMILES string of the molecule is CO[Si](B(c1c(C)cc(C)cc1C)c1c(C)cc(C)cc1C)(c1c(C)cc(C)cc1C)c1c(C)cc(C)cc1C.